The average Bonchev–Trinajstić information content (AvgIpc) is 2.19. The van der Waals surface area contributed by atoms with E-state index < -0.39 is 0 Å². The molecule has 2 nitrogen and oxygen atoms in total. The molecule has 1 atom stereocenters. The lowest BCUT2D eigenvalue weighted by atomic mass is 9.87. The topological polar surface area (TPSA) is 32.3 Å². The molecule has 0 aromatic carbocycles. The standard InChI is InChI=1S/C11H23NO/c1-10(9-13)12-8-7-11-5-3-2-4-6-11/h10-13H,2-9H2,1H3/t10-/m1/s1. The monoisotopic (exact) mass is 185 g/mol. The first kappa shape index (κ1) is 11.0. The second-order valence-electron chi connectivity index (χ2n) is 4.33. The van der Waals surface area contributed by atoms with E-state index in [1.54, 1.807) is 0 Å². The number of hydrogen-bond donors (Lipinski definition) is 2. The highest BCUT2D eigenvalue weighted by Crippen LogP contribution is 2.25. The number of nitrogens with one attached hydrogen (secondary N) is 1. The van der Waals surface area contributed by atoms with Crippen LogP contribution in [-0.4, -0.2) is 24.3 Å². The van der Waals surface area contributed by atoms with Crippen LogP contribution < -0.4 is 5.32 Å². The number of aliphatic hydroxyl groups is 1. The van der Waals surface area contributed by atoms with Crippen molar-refractivity contribution in [1.82, 2.24) is 5.32 Å². The van der Waals surface area contributed by atoms with Crippen LogP contribution in [0.2, 0.25) is 0 Å². The van der Waals surface area contributed by atoms with E-state index in [0.717, 1.165) is 12.5 Å². The first-order chi connectivity index (χ1) is 6.33. The Bertz CT molecular complexity index is 121. The molecular weight excluding hydrogens is 162 g/mol. The quantitative estimate of drug-likeness (QED) is 0.686. The van der Waals surface area contributed by atoms with Gasteiger partial charge < -0.3 is 10.4 Å². The molecular formula is C11H23NO. The summed E-state index contributed by atoms with van der Waals surface area (Å²) >= 11 is 0. The summed E-state index contributed by atoms with van der Waals surface area (Å²) in [7, 11) is 0. The van der Waals surface area contributed by atoms with Crippen molar-refractivity contribution in [3.05, 3.63) is 0 Å². The SMILES string of the molecule is C[C@H](CO)NCCC1CCCCC1. The molecule has 1 rings (SSSR count). The fourth-order valence-electron chi connectivity index (χ4n) is 2.07. The van der Waals surface area contributed by atoms with Gasteiger partial charge in [-0.1, -0.05) is 32.1 Å². The summed E-state index contributed by atoms with van der Waals surface area (Å²) in [4.78, 5) is 0. The highest BCUT2D eigenvalue weighted by Gasteiger charge is 2.12. The van der Waals surface area contributed by atoms with Crippen molar-refractivity contribution in [2.24, 2.45) is 5.92 Å². The summed E-state index contributed by atoms with van der Waals surface area (Å²) in [5.41, 5.74) is 0. The molecule has 0 bridgehead atoms. The molecule has 13 heavy (non-hydrogen) atoms. The Hall–Kier alpha value is -0.0800. The van der Waals surface area contributed by atoms with Gasteiger partial charge in [0.15, 0.2) is 0 Å². The minimum Gasteiger partial charge on any atom is -0.395 e. The molecule has 0 aliphatic heterocycles. The zero-order valence-electron chi connectivity index (χ0n) is 8.76. The van der Waals surface area contributed by atoms with Crippen LogP contribution in [0.4, 0.5) is 0 Å². The van der Waals surface area contributed by atoms with Crippen molar-refractivity contribution >= 4 is 0 Å². The summed E-state index contributed by atoms with van der Waals surface area (Å²) in [6, 6.07) is 0.267. The van der Waals surface area contributed by atoms with Gasteiger partial charge in [0.2, 0.25) is 0 Å². The largest absolute Gasteiger partial charge is 0.395 e. The second-order valence-corrected chi connectivity index (χ2v) is 4.33. The maximum atomic E-state index is 8.81. The third-order valence-electron chi connectivity index (χ3n) is 3.04. The van der Waals surface area contributed by atoms with Gasteiger partial charge in [0, 0.05) is 6.04 Å². The Balaban J connectivity index is 1.98. The number of hydrogen-bond acceptors (Lipinski definition) is 2. The maximum Gasteiger partial charge on any atom is 0.0581 e. The van der Waals surface area contributed by atoms with Gasteiger partial charge in [-0.05, 0) is 25.8 Å². The maximum absolute atomic E-state index is 8.81. The summed E-state index contributed by atoms with van der Waals surface area (Å²) in [6.07, 6.45) is 8.45. The van der Waals surface area contributed by atoms with Crippen molar-refractivity contribution in [3.8, 4) is 0 Å². The number of rotatable bonds is 5. The lowest BCUT2D eigenvalue weighted by Crippen LogP contribution is -2.31. The molecule has 0 spiro atoms. The van der Waals surface area contributed by atoms with Crippen LogP contribution in [0.1, 0.15) is 45.4 Å². The van der Waals surface area contributed by atoms with E-state index in [2.05, 4.69) is 5.32 Å². The van der Waals surface area contributed by atoms with Crippen LogP contribution in [0.3, 0.4) is 0 Å². The van der Waals surface area contributed by atoms with Gasteiger partial charge in [0.1, 0.15) is 0 Å². The van der Waals surface area contributed by atoms with Gasteiger partial charge in [-0.25, -0.2) is 0 Å². The minimum absolute atomic E-state index is 0.255. The molecule has 1 saturated carbocycles. The zero-order valence-corrected chi connectivity index (χ0v) is 8.76. The van der Waals surface area contributed by atoms with Crippen molar-refractivity contribution < 1.29 is 5.11 Å². The molecule has 0 heterocycles. The Morgan fingerprint density at radius 3 is 2.62 bits per heavy atom. The first-order valence-corrected chi connectivity index (χ1v) is 5.67. The summed E-state index contributed by atoms with van der Waals surface area (Å²) < 4.78 is 0. The number of aliphatic hydroxyl groups excluding tert-OH is 1. The predicted octanol–water partition coefficient (Wildman–Crippen LogP) is 1.93. The highest BCUT2D eigenvalue weighted by atomic mass is 16.3. The van der Waals surface area contributed by atoms with E-state index in [1.807, 2.05) is 6.92 Å². The normalized spacial score (nSPS) is 21.7. The zero-order chi connectivity index (χ0) is 9.52. The van der Waals surface area contributed by atoms with Gasteiger partial charge in [-0.3, -0.25) is 0 Å². The van der Waals surface area contributed by atoms with Crippen molar-refractivity contribution in [1.29, 1.82) is 0 Å². The Kier molecular flexibility index (Phi) is 5.40. The van der Waals surface area contributed by atoms with E-state index in [1.165, 1.54) is 38.5 Å². The summed E-state index contributed by atoms with van der Waals surface area (Å²) in [6.45, 7) is 3.36. The van der Waals surface area contributed by atoms with E-state index in [0.29, 0.717) is 0 Å². The van der Waals surface area contributed by atoms with Gasteiger partial charge in [0.25, 0.3) is 0 Å². The summed E-state index contributed by atoms with van der Waals surface area (Å²) in [5.74, 6) is 0.951. The summed E-state index contributed by atoms with van der Waals surface area (Å²) in [5, 5.41) is 12.1. The van der Waals surface area contributed by atoms with Crippen LogP contribution in [0, 0.1) is 5.92 Å². The van der Waals surface area contributed by atoms with E-state index >= 15 is 0 Å². The van der Waals surface area contributed by atoms with Gasteiger partial charge in [-0.2, -0.15) is 0 Å². The molecule has 0 unspecified atom stereocenters. The smallest absolute Gasteiger partial charge is 0.0581 e. The van der Waals surface area contributed by atoms with Crippen LogP contribution in [0.15, 0.2) is 0 Å². The predicted molar refractivity (Wildman–Crippen MR) is 55.7 cm³/mol. The van der Waals surface area contributed by atoms with Gasteiger partial charge in [-0.15, -0.1) is 0 Å². The van der Waals surface area contributed by atoms with Crippen molar-refractivity contribution in [2.75, 3.05) is 13.2 Å². The molecule has 0 aromatic rings. The molecule has 1 aliphatic rings. The third-order valence-corrected chi connectivity index (χ3v) is 3.04. The molecule has 2 N–H and O–H groups in total. The van der Waals surface area contributed by atoms with Crippen molar-refractivity contribution in [2.45, 2.75) is 51.5 Å². The molecule has 1 fully saturated rings. The van der Waals surface area contributed by atoms with E-state index in [4.69, 9.17) is 5.11 Å². The lowest BCUT2D eigenvalue weighted by molar-refractivity contribution is 0.245. The molecule has 0 saturated heterocycles. The fraction of sp³-hybridized carbons (Fsp3) is 1.00. The third kappa shape index (κ3) is 4.63. The van der Waals surface area contributed by atoms with Crippen LogP contribution in [0.5, 0.6) is 0 Å². The lowest BCUT2D eigenvalue weighted by Gasteiger charge is -2.22. The Labute approximate surface area is 81.7 Å². The first-order valence-electron chi connectivity index (χ1n) is 5.67. The van der Waals surface area contributed by atoms with Gasteiger partial charge in [0.05, 0.1) is 6.61 Å². The van der Waals surface area contributed by atoms with Crippen LogP contribution in [0.25, 0.3) is 0 Å². The Morgan fingerprint density at radius 1 is 1.31 bits per heavy atom. The minimum atomic E-state index is 0.255. The highest BCUT2D eigenvalue weighted by molar-refractivity contribution is 4.68. The average molecular weight is 185 g/mol. The Morgan fingerprint density at radius 2 is 2.00 bits per heavy atom. The fourth-order valence-corrected chi connectivity index (χ4v) is 2.07. The molecule has 0 aromatic heterocycles. The molecule has 1 aliphatic carbocycles. The van der Waals surface area contributed by atoms with Crippen LogP contribution in [-0.2, 0) is 0 Å². The molecule has 0 radical (unpaired) electrons. The van der Waals surface area contributed by atoms with Crippen molar-refractivity contribution in [3.63, 3.8) is 0 Å². The van der Waals surface area contributed by atoms with Crippen LogP contribution >= 0.6 is 0 Å². The van der Waals surface area contributed by atoms with Gasteiger partial charge >= 0.3 is 0 Å². The molecule has 2 heteroatoms. The van der Waals surface area contributed by atoms with E-state index in [9.17, 15) is 0 Å². The molecule has 0 amide bonds. The van der Waals surface area contributed by atoms with E-state index in [-0.39, 0.29) is 12.6 Å². The second kappa shape index (κ2) is 6.39. The molecule has 78 valence electrons.